The number of aliphatic hydroxyl groups is 1. The summed E-state index contributed by atoms with van der Waals surface area (Å²) in [6.07, 6.45) is 5.37. The number of hydrogen-bond donors (Lipinski definition) is 2. The maximum absolute atomic E-state index is 12.6. The number of rotatable bonds is 5. The molecule has 1 saturated heterocycles. The maximum atomic E-state index is 12.6. The molecular formula is C18H26N6O2. The Bertz CT molecular complexity index is 782. The first-order valence-electron chi connectivity index (χ1n) is 8.74. The second kappa shape index (κ2) is 7.03. The molecule has 2 atom stereocenters. The van der Waals surface area contributed by atoms with E-state index in [2.05, 4.69) is 20.3 Å². The van der Waals surface area contributed by atoms with Gasteiger partial charge in [-0.2, -0.15) is 0 Å². The molecule has 0 radical (unpaired) electrons. The quantitative estimate of drug-likeness (QED) is 0.830. The normalized spacial score (nSPS) is 20.4. The van der Waals surface area contributed by atoms with Crippen molar-refractivity contribution in [2.45, 2.75) is 44.8 Å². The third-order valence-electron chi connectivity index (χ3n) is 4.50. The topological polar surface area (TPSA) is 96.2 Å². The van der Waals surface area contributed by atoms with Crippen LogP contribution in [0.25, 0.3) is 0 Å². The van der Waals surface area contributed by atoms with Crippen molar-refractivity contribution in [3.8, 4) is 0 Å². The van der Waals surface area contributed by atoms with Crippen LogP contribution in [0.15, 0.2) is 24.9 Å². The number of aromatic nitrogens is 4. The first-order valence-corrected chi connectivity index (χ1v) is 8.74. The van der Waals surface area contributed by atoms with E-state index in [0.29, 0.717) is 13.1 Å². The summed E-state index contributed by atoms with van der Waals surface area (Å²) >= 11 is 0. The average molecular weight is 358 g/mol. The largest absolute Gasteiger partial charge is 0.390 e. The second-order valence-electron chi connectivity index (χ2n) is 7.65. The Labute approximate surface area is 153 Å². The molecule has 0 unspecified atom stereocenters. The van der Waals surface area contributed by atoms with Crippen LogP contribution in [0.2, 0.25) is 0 Å². The maximum Gasteiger partial charge on any atom is 0.225 e. The van der Waals surface area contributed by atoms with Crippen LogP contribution in [-0.2, 0) is 11.8 Å². The van der Waals surface area contributed by atoms with Crippen molar-refractivity contribution in [3.05, 3.63) is 36.3 Å². The molecule has 2 N–H and O–H groups in total. The molecule has 26 heavy (non-hydrogen) atoms. The monoisotopic (exact) mass is 358 g/mol. The zero-order valence-corrected chi connectivity index (χ0v) is 15.7. The van der Waals surface area contributed by atoms with Gasteiger partial charge in [0.2, 0.25) is 5.91 Å². The minimum atomic E-state index is -1.02. The number of amides is 1. The molecule has 1 fully saturated rings. The molecule has 1 amide bonds. The van der Waals surface area contributed by atoms with E-state index < -0.39 is 5.60 Å². The van der Waals surface area contributed by atoms with E-state index >= 15 is 0 Å². The van der Waals surface area contributed by atoms with Crippen molar-refractivity contribution in [2.24, 2.45) is 7.05 Å². The Morgan fingerprint density at radius 2 is 2.12 bits per heavy atom. The highest BCUT2D eigenvalue weighted by Crippen LogP contribution is 2.29. The predicted octanol–water partition coefficient (Wildman–Crippen LogP) is 1.09. The van der Waals surface area contributed by atoms with Gasteiger partial charge in [0, 0.05) is 44.0 Å². The molecule has 1 aliphatic heterocycles. The van der Waals surface area contributed by atoms with Gasteiger partial charge in [0.25, 0.3) is 0 Å². The molecule has 8 nitrogen and oxygen atoms in total. The van der Waals surface area contributed by atoms with Crippen LogP contribution in [0.1, 0.15) is 37.6 Å². The fourth-order valence-corrected chi connectivity index (χ4v) is 3.28. The van der Waals surface area contributed by atoms with Crippen molar-refractivity contribution in [1.29, 1.82) is 0 Å². The Kier molecular flexibility index (Phi) is 4.95. The van der Waals surface area contributed by atoms with E-state index in [9.17, 15) is 9.90 Å². The fraction of sp³-hybridized carbons (Fsp3) is 0.556. The lowest BCUT2D eigenvalue weighted by Gasteiger charge is -2.22. The van der Waals surface area contributed by atoms with Gasteiger partial charge in [-0.05, 0) is 20.8 Å². The van der Waals surface area contributed by atoms with Gasteiger partial charge in [-0.15, -0.1) is 0 Å². The van der Waals surface area contributed by atoms with Gasteiger partial charge in [0.15, 0.2) is 0 Å². The van der Waals surface area contributed by atoms with Crippen LogP contribution >= 0.6 is 0 Å². The SMILES string of the molecule is Cc1cc(N[C@@H]2CN(C(=O)CC(C)(C)O)C[C@H]2c2cn(C)cn2)ncn1. The van der Waals surface area contributed by atoms with E-state index in [-0.39, 0.29) is 24.3 Å². The van der Waals surface area contributed by atoms with Crippen molar-refractivity contribution < 1.29 is 9.90 Å². The highest BCUT2D eigenvalue weighted by molar-refractivity contribution is 5.78. The van der Waals surface area contributed by atoms with Crippen molar-refractivity contribution in [2.75, 3.05) is 18.4 Å². The van der Waals surface area contributed by atoms with Gasteiger partial charge in [0.05, 0.1) is 30.1 Å². The first-order chi connectivity index (χ1) is 12.2. The zero-order chi connectivity index (χ0) is 18.9. The van der Waals surface area contributed by atoms with Crippen LogP contribution < -0.4 is 5.32 Å². The van der Waals surface area contributed by atoms with Crippen molar-refractivity contribution >= 4 is 11.7 Å². The molecule has 0 aliphatic carbocycles. The smallest absolute Gasteiger partial charge is 0.225 e. The summed E-state index contributed by atoms with van der Waals surface area (Å²) < 4.78 is 1.91. The molecule has 3 heterocycles. The van der Waals surface area contributed by atoms with E-state index in [1.54, 1.807) is 25.1 Å². The molecule has 140 valence electrons. The lowest BCUT2D eigenvalue weighted by Crippen LogP contribution is -2.36. The summed E-state index contributed by atoms with van der Waals surface area (Å²) in [7, 11) is 1.93. The summed E-state index contributed by atoms with van der Waals surface area (Å²) in [5.41, 5.74) is 0.798. The van der Waals surface area contributed by atoms with Gasteiger partial charge in [-0.1, -0.05) is 0 Å². The summed E-state index contributed by atoms with van der Waals surface area (Å²) in [5, 5.41) is 13.4. The van der Waals surface area contributed by atoms with Gasteiger partial charge < -0.3 is 19.9 Å². The van der Waals surface area contributed by atoms with Gasteiger partial charge in [-0.3, -0.25) is 4.79 Å². The molecule has 0 aromatic carbocycles. The average Bonchev–Trinajstić information content (AvgIpc) is 3.12. The summed E-state index contributed by atoms with van der Waals surface area (Å²) in [6, 6.07) is 1.88. The lowest BCUT2D eigenvalue weighted by atomic mass is 10.0. The molecule has 8 heteroatoms. The van der Waals surface area contributed by atoms with E-state index in [4.69, 9.17) is 0 Å². The Morgan fingerprint density at radius 1 is 1.35 bits per heavy atom. The van der Waals surface area contributed by atoms with E-state index in [1.165, 1.54) is 6.33 Å². The standard InChI is InChI=1S/C18H26N6O2/c1-12-5-16(20-10-19-12)22-15-9-24(17(25)6-18(2,3)26)7-13(15)14-8-23(4)11-21-14/h5,8,10-11,13,15,26H,6-7,9H2,1-4H3,(H,19,20,22)/t13-,15+/m0/s1. The van der Waals surface area contributed by atoms with Crippen LogP contribution in [0.5, 0.6) is 0 Å². The molecule has 2 aromatic heterocycles. The summed E-state index contributed by atoms with van der Waals surface area (Å²) in [4.78, 5) is 27.2. The Morgan fingerprint density at radius 3 is 2.73 bits per heavy atom. The van der Waals surface area contributed by atoms with E-state index in [1.807, 2.05) is 30.8 Å². The molecule has 0 spiro atoms. The molecular weight excluding hydrogens is 332 g/mol. The minimum absolute atomic E-state index is 0.00930. The molecule has 0 saturated carbocycles. The number of carbonyl (C=O) groups excluding carboxylic acids is 1. The predicted molar refractivity (Wildman–Crippen MR) is 97.6 cm³/mol. The minimum Gasteiger partial charge on any atom is -0.390 e. The number of nitrogens with one attached hydrogen (secondary N) is 1. The number of hydrogen-bond acceptors (Lipinski definition) is 6. The summed E-state index contributed by atoms with van der Waals surface area (Å²) in [5.74, 6) is 0.735. The highest BCUT2D eigenvalue weighted by Gasteiger charge is 2.38. The van der Waals surface area contributed by atoms with Crippen LogP contribution in [-0.4, -0.2) is 60.2 Å². The van der Waals surface area contributed by atoms with Gasteiger partial charge in [0.1, 0.15) is 12.1 Å². The van der Waals surface area contributed by atoms with Crippen molar-refractivity contribution in [1.82, 2.24) is 24.4 Å². The summed E-state index contributed by atoms with van der Waals surface area (Å²) in [6.45, 7) is 6.32. The third-order valence-corrected chi connectivity index (χ3v) is 4.50. The Balaban J connectivity index is 1.80. The zero-order valence-electron chi connectivity index (χ0n) is 15.7. The fourth-order valence-electron chi connectivity index (χ4n) is 3.28. The number of carbonyl (C=O) groups is 1. The first kappa shape index (κ1) is 18.3. The number of imidazole rings is 1. The number of likely N-dealkylation sites (tertiary alicyclic amines) is 1. The third kappa shape index (κ3) is 4.37. The van der Waals surface area contributed by atoms with Crippen LogP contribution in [0, 0.1) is 6.92 Å². The molecule has 0 bridgehead atoms. The molecule has 3 rings (SSSR count). The van der Waals surface area contributed by atoms with Crippen LogP contribution in [0.4, 0.5) is 5.82 Å². The molecule has 1 aliphatic rings. The second-order valence-corrected chi connectivity index (χ2v) is 7.65. The number of aryl methyl sites for hydroxylation is 2. The Hall–Kier alpha value is -2.48. The number of nitrogens with zero attached hydrogens (tertiary/aromatic N) is 5. The highest BCUT2D eigenvalue weighted by atomic mass is 16.3. The van der Waals surface area contributed by atoms with Gasteiger partial charge >= 0.3 is 0 Å². The number of anilines is 1. The lowest BCUT2D eigenvalue weighted by molar-refractivity contribution is -0.134. The van der Waals surface area contributed by atoms with Gasteiger partial charge in [-0.25, -0.2) is 15.0 Å². The van der Waals surface area contributed by atoms with Crippen molar-refractivity contribution in [3.63, 3.8) is 0 Å². The van der Waals surface area contributed by atoms with E-state index in [0.717, 1.165) is 17.2 Å². The van der Waals surface area contributed by atoms with Crippen LogP contribution in [0.3, 0.4) is 0 Å². The molecule has 2 aromatic rings.